The lowest BCUT2D eigenvalue weighted by Gasteiger charge is -2.10. The fourth-order valence-corrected chi connectivity index (χ4v) is 6.46. The van der Waals surface area contributed by atoms with Crippen LogP contribution in [0.3, 0.4) is 0 Å². The topological polar surface area (TPSA) is 198 Å². The Bertz CT molecular complexity index is 2030. The molecule has 0 unspecified atom stereocenters. The molecular formula is C31H36ClN5O8S2. The number of nitrogens with two attached hydrogens (primary N) is 1. The van der Waals surface area contributed by atoms with E-state index in [0.717, 1.165) is 0 Å². The van der Waals surface area contributed by atoms with Crippen molar-refractivity contribution in [2.75, 3.05) is 5.73 Å². The summed E-state index contributed by atoms with van der Waals surface area (Å²) >= 11 is 0. The number of carbonyl (C=O) groups excluding carboxylic acids is 2. The van der Waals surface area contributed by atoms with E-state index in [1.165, 1.54) is 35.4 Å². The van der Waals surface area contributed by atoms with E-state index in [1.54, 1.807) is 68.4 Å². The fraction of sp³-hybridized carbons (Fsp3) is 0.290. The molecule has 2 heterocycles. The van der Waals surface area contributed by atoms with Crippen LogP contribution in [0.5, 0.6) is 0 Å². The van der Waals surface area contributed by atoms with Gasteiger partial charge in [0.15, 0.2) is 9.84 Å². The normalized spacial score (nSPS) is 11.0. The molecule has 0 radical (unpaired) electrons. The molecule has 0 aliphatic carbocycles. The van der Waals surface area contributed by atoms with Crippen LogP contribution in [-0.2, 0) is 58.8 Å². The first-order chi connectivity index (χ1) is 21.9. The van der Waals surface area contributed by atoms with Gasteiger partial charge in [0.2, 0.25) is 9.05 Å². The van der Waals surface area contributed by atoms with Crippen LogP contribution in [0.25, 0.3) is 0 Å². The molecule has 0 atom stereocenters. The first-order valence-electron chi connectivity index (χ1n) is 13.9. The molecule has 4 rings (SSSR count). The summed E-state index contributed by atoms with van der Waals surface area (Å²) in [7, 11) is -1.87. The maximum atomic E-state index is 12.4. The van der Waals surface area contributed by atoms with Crippen molar-refractivity contribution < 1.29 is 26.4 Å². The van der Waals surface area contributed by atoms with E-state index in [2.05, 4.69) is 9.97 Å². The molecule has 0 saturated heterocycles. The van der Waals surface area contributed by atoms with E-state index in [1.807, 2.05) is 6.07 Å². The van der Waals surface area contributed by atoms with Crippen molar-refractivity contribution in [3.8, 4) is 0 Å². The van der Waals surface area contributed by atoms with Crippen LogP contribution < -0.4 is 16.9 Å². The van der Waals surface area contributed by atoms with Gasteiger partial charge in [0.25, 0.3) is 11.1 Å². The molecule has 2 aromatic carbocycles. The quantitative estimate of drug-likeness (QED) is 0.238. The predicted octanol–water partition coefficient (Wildman–Crippen LogP) is 2.73. The lowest BCUT2D eigenvalue weighted by Crippen LogP contribution is -2.30. The molecule has 0 amide bonds. The number of carbonyl (C=O) groups is 2. The van der Waals surface area contributed by atoms with E-state index in [0.29, 0.717) is 22.8 Å². The number of benzene rings is 2. The zero-order valence-corrected chi connectivity index (χ0v) is 28.7. The summed E-state index contributed by atoms with van der Waals surface area (Å²) < 4.78 is 48.2. The van der Waals surface area contributed by atoms with E-state index in [-0.39, 0.29) is 53.0 Å². The smallest absolute Gasteiger partial charge is 0.277 e. The summed E-state index contributed by atoms with van der Waals surface area (Å²) in [6.45, 7) is 5.96. The van der Waals surface area contributed by atoms with Crippen molar-refractivity contribution in [3.05, 3.63) is 122 Å². The highest BCUT2D eigenvalue weighted by Gasteiger charge is 2.18. The van der Waals surface area contributed by atoms with Gasteiger partial charge in [0.05, 0.1) is 42.1 Å². The van der Waals surface area contributed by atoms with Crippen molar-refractivity contribution in [1.29, 1.82) is 0 Å². The SMILES string of the molecule is CC(=O)Cn1c(C)ncc(CS(=O)(=O)Cc2ccccc2)c1=O.CC(=O)Cn1c(C)ncc(N)c1=O.O=S(=O)(Cl)Cc1ccccc1. The number of ketones is 2. The lowest BCUT2D eigenvalue weighted by atomic mass is 10.2. The Morgan fingerprint density at radius 3 is 1.57 bits per heavy atom. The molecule has 2 aromatic heterocycles. The third-order valence-electron chi connectivity index (χ3n) is 6.14. The molecular weight excluding hydrogens is 670 g/mol. The highest BCUT2D eigenvalue weighted by molar-refractivity contribution is 8.13. The monoisotopic (exact) mass is 705 g/mol. The van der Waals surface area contributed by atoms with Crippen molar-refractivity contribution in [2.45, 2.75) is 58.0 Å². The van der Waals surface area contributed by atoms with Gasteiger partial charge in [-0.15, -0.1) is 0 Å². The molecule has 13 nitrogen and oxygen atoms in total. The summed E-state index contributed by atoms with van der Waals surface area (Å²) in [6, 6.07) is 17.6. The Kier molecular flexibility index (Phi) is 14.4. The molecule has 252 valence electrons. The van der Waals surface area contributed by atoms with E-state index in [4.69, 9.17) is 16.4 Å². The van der Waals surface area contributed by atoms with Crippen LogP contribution in [0.15, 0.2) is 82.6 Å². The Hall–Kier alpha value is -4.47. The van der Waals surface area contributed by atoms with Crippen LogP contribution in [0.2, 0.25) is 0 Å². The average Bonchev–Trinajstić information content (AvgIpc) is 2.97. The van der Waals surface area contributed by atoms with Gasteiger partial charge in [-0.25, -0.2) is 26.8 Å². The van der Waals surface area contributed by atoms with Crippen LogP contribution in [-0.4, -0.2) is 47.5 Å². The Labute approximate surface area is 277 Å². The zero-order chi connectivity index (χ0) is 35.4. The highest BCUT2D eigenvalue weighted by Crippen LogP contribution is 2.11. The Balaban J connectivity index is 0.000000270. The fourth-order valence-electron chi connectivity index (χ4n) is 4.01. The number of anilines is 1. The van der Waals surface area contributed by atoms with E-state index < -0.39 is 30.2 Å². The summed E-state index contributed by atoms with van der Waals surface area (Å²) in [5, 5.41) is 0. The third kappa shape index (κ3) is 13.8. The van der Waals surface area contributed by atoms with Gasteiger partial charge in [-0.05, 0) is 38.8 Å². The van der Waals surface area contributed by atoms with Crippen molar-refractivity contribution >= 4 is 46.8 Å². The number of aromatic nitrogens is 4. The minimum Gasteiger partial charge on any atom is -0.393 e. The molecule has 4 aromatic rings. The van der Waals surface area contributed by atoms with Crippen LogP contribution in [0, 0.1) is 13.8 Å². The van der Waals surface area contributed by atoms with Gasteiger partial charge in [-0.2, -0.15) is 0 Å². The molecule has 16 heteroatoms. The van der Waals surface area contributed by atoms with Gasteiger partial charge in [-0.1, -0.05) is 60.7 Å². The molecule has 0 aliphatic rings. The number of Topliss-reactive ketones (excluding diaryl/α,β-unsaturated/α-hetero) is 2. The average molecular weight is 706 g/mol. The minimum absolute atomic E-state index is 0.0305. The lowest BCUT2D eigenvalue weighted by molar-refractivity contribution is -0.118. The first kappa shape index (κ1) is 38.7. The summed E-state index contributed by atoms with van der Waals surface area (Å²) in [5.41, 5.74) is 6.03. The van der Waals surface area contributed by atoms with Crippen molar-refractivity contribution in [3.63, 3.8) is 0 Å². The second kappa shape index (κ2) is 17.4. The number of nitrogen functional groups attached to an aromatic ring is 1. The molecule has 0 saturated carbocycles. The van der Waals surface area contributed by atoms with Gasteiger partial charge in [0.1, 0.15) is 28.9 Å². The molecule has 2 N–H and O–H groups in total. The third-order valence-corrected chi connectivity index (χ3v) is 8.67. The standard InChI is InChI=1S/C16H18N2O4S.C8H11N3O2.C7H7ClO2S/c1-12(19)9-18-13(2)17-8-15(16(18)20)11-23(21,22)10-14-6-4-3-5-7-14;1-5(12)4-11-6(2)10-3-7(9)8(11)13;8-11(9,10)6-7-4-2-1-3-5-7/h3-8H,9-11H2,1-2H3;3H,4,9H2,1-2H3;1-5H,6H2. The summed E-state index contributed by atoms with van der Waals surface area (Å²) in [6.07, 6.45) is 2.57. The highest BCUT2D eigenvalue weighted by atomic mass is 35.7. The van der Waals surface area contributed by atoms with Gasteiger partial charge < -0.3 is 5.73 Å². The zero-order valence-electron chi connectivity index (χ0n) is 26.3. The first-order valence-corrected chi connectivity index (χ1v) is 18.2. The van der Waals surface area contributed by atoms with E-state index >= 15 is 0 Å². The van der Waals surface area contributed by atoms with Crippen LogP contribution >= 0.6 is 10.7 Å². The molecule has 0 aliphatic heterocycles. The number of aryl methyl sites for hydroxylation is 2. The number of sulfone groups is 1. The number of nitrogens with zero attached hydrogens (tertiary/aromatic N) is 4. The number of hydrogen-bond acceptors (Lipinski definition) is 11. The molecule has 47 heavy (non-hydrogen) atoms. The maximum Gasteiger partial charge on any atom is 0.277 e. The van der Waals surface area contributed by atoms with Crippen molar-refractivity contribution in [2.24, 2.45) is 0 Å². The van der Waals surface area contributed by atoms with Crippen molar-refractivity contribution in [1.82, 2.24) is 19.1 Å². The largest absolute Gasteiger partial charge is 0.393 e. The van der Waals surface area contributed by atoms with Gasteiger partial charge >= 0.3 is 0 Å². The number of halogens is 1. The predicted molar refractivity (Wildman–Crippen MR) is 180 cm³/mol. The Morgan fingerprint density at radius 1 is 0.702 bits per heavy atom. The molecule has 0 spiro atoms. The minimum atomic E-state index is -3.51. The summed E-state index contributed by atoms with van der Waals surface area (Å²) in [5.74, 6) is -0.0578. The molecule has 0 fully saturated rings. The van der Waals surface area contributed by atoms with Crippen LogP contribution in [0.4, 0.5) is 5.69 Å². The van der Waals surface area contributed by atoms with Gasteiger partial charge in [0, 0.05) is 16.9 Å². The van der Waals surface area contributed by atoms with E-state index in [9.17, 15) is 36.0 Å². The summed E-state index contributed by atoms with van der Waals surface area (Å²) in [4.78, 5) is 53.7. The number of hydrogen-bond donors (Lipinski definition) is 1. The van der Waals surface area contributed by atoms with Gasteiger partial charge in [-0.3, -0.25) is 28.3 Å². The van der Waals surface area contributed by atoms with Crippen LogP contribution in [0.1, 0.15) is 42.2 Å². The maximum absolute atomic E-state index is 12.4. The second-order valence-electron chi connectivity index (χ2n) is 10.5. The number of rotatable bonds is 10. The Morgan fingerprint density at radius 2 is 1.13 bits per heavy atom. The molecule has 0 bridgehead atoms. The second-order valence-corrected chi connectivity index (χ2v) is 15.3.